The highest BCUT2D eigenvalue weighted by molar-refractivity contribution is 5.82. The fourth-order valence-electron chi connectivity index (χ4n) is 5.72. The Morgan fingerprint density at radius 3 is 2.20 bits per heavy atom. The van der Waals surface area contributed by atoms with Gasteiger partial charge in [-0.05, 0) is 35.7 Å². The lowest BCUT2D eigenvalue weighted by Crippen LogP contribution is -2.49. The van der Waals surface area contributed by atoms with Crippen molar-refractivity contribution in [1.82, 2.24) is 10.2 Å². The number of nitro groups is 1. The SMILES string of the molecule is CC(=O)OC(C)C(=O)NCc1ccc(C2OC(CN3CCN(c4ccc([N+](=O)[O-])cc4)CC3)CC(c3ccc(CO)cc3)O2)cc1. The monoisotopic (exact) mass is 632 g/mol. The summed E-state index contributed by atoms with van der Waals surface area (Å²) in [6.45, 7) is 7.03. The Labute approximate surface area is 268 Å². The van der Waals surface area contributed by atoms with E-state index in [1.54, 1.807) is 24.3 Å². The summed E-state index contributed by atoms with van der Waals surface area (Å²) >= 11 is 0. The van der Waals surface area contributed by atoms with Gasteiger partial charge >= 0.3 is 5.97 Å². The molecule has 2 aliphatic rings. The van der Waals surface area contributed by atoms with E-state index in [2.05, 4.69) is 15.1 Å². The Bertz CT molecular complexity index is 1470. The maximum absolute atomic E-state index is 12.2. The molecule has 2 saturated heterocycles. The number of non-ortho nitro benzene ring substituents is 1. The number of carbonyl (C=O) groups excluding carboxylic acids is 2. The number of hydrogen-bond acceptors (Lipinski definition) is 10. The summed E-state index contributed by atoms with van der Waals surface area (Å²) in [7, 11) is 0. The molecule has 0 saturated carbocycles. The molecule has 2 N–H and O–H groups in total. The molecule has 2 fully saturated rings. The van der Waals surface area contributed by atoms with Crippen LogP contribution in [0.1, 0.15) is 54.9 Å². The third-order valence-corrected chi connectivity index (χ3v) is 8.31. The van der Waals surface area contributed by atoms with E-state index in [-0.39, 0.29) is 41.9 Å². The van der Waals surface area contributed by atoms with Crippen molar-refractivity contribution in [3.05, 3.63) is 105 Å². The van der Waals surface area contributed by atoms with Crippen LogP contribution in [-0.4, -0.2) is 71.7 Å². The molecule has 0 radical (unpaired) electrons. The van der Waals surface area contributed by atoms with Crippen molar-refractivity contribution in [1.29, 1.82) is 0 Å². The molecule has 0 aromatic heterocycles. The summed E-state index contributed by atoms with van der Waals surface area (Å²) in [6, 6.07) is 22.1. The number of hydrogen-bond donors (Lipinski definition) is 2. The molecule has 3 aromatic carbocycles. The van der Waals surface area contributed by atoms with E-state index in [1.165, 1.54) is 13.8 Å². The molecule has 2 aliphatic heterocycles. The van der Waals surface area contributed by atoms with Crippen LogP contribution in [0.25, 0.3) is 0 Å². The normalized spacial score (nSPS) is 20.9. The van der Waals surface area contributed by atoms with E-state index >= 15 is 0 Å². The largest absolute Gasteiger partial charge is 0.453 e. The van der Waals surface area contributed by atoms with Gasteiger partial charge in [-0.1, -0.05) is 48.5 Å². The second kappa shape index (κ2) is 15.3. The topological polar surface area (TPSA) is 144 Å². The second-order valence-electron chi connectivity index (χ2n) is 11.6. The second-order valence-corrected chi connectivity index (χ2v) is 11.6. The molecular formula is C34H40N4O8. The Kier molecular flexibility index (Phi) is 11.0. The van der Waals surface area contributed by atoms with Gasteiger partial charge in [0, 0.05) is 76.0 Å². The van der Waals surface area contributed by atoms with E-state index < -0.39 is 18.4 Å². The average Bonchev–Trinajstić information content (AvgIpc) is 3.07. The Balaban J connectivity index is 1.22. The summed E-state index contributed by atoms with van der Waals surface area (Å²) in [5, 5.41) is 23.3. The van der Waals surface area contributed by atoms with Gasteiger partial charge < -0.3 is 29.5 Å². The van der Waals surface area contributed by atoms with E-state index in [1.807, 2.05) is 48.5 Å². The molecule has 0 spiro atoms. The van der Waals surface area contributed by atoms with Gasteiger partial charge in [-0.2, -0.15) is 0 Å². The lowest BCUT2D eigenvalue weighted by molar-refractivity contribution is -0.384. The molecule has 12 nitrogen and oxygen atoms in total. The van der Waals surface area contributed by atoms with E-state index in [4.69, 9.17) is 14.2 Å². The first-order valence-electron chi connectivity index (χ1n) is 15.4. The van der Waals surface area contributed by atoms with Crippen LogP contribution in [-0.2, 0) is 37.0 Å². The van der Waals surface area contributed by atoms with Gasteiger partial charge in [0.1, 0.15) is 0 Å². The highest BCUT2D eigenvalue weighted by Crippen LogP contribution is 2.38. The van der Waals surface area contributed by atoms with Crippen LogP contribution < -0.4 is 10.2 Å². The van der Waals surface area contributed by atoms with Crippen molar-refractivity contribution in [2.24, 2.45) is 0 Å². The van der Waals surface area contributed by atoms with E-state index in [0.717, 1.165) is 60.7 Å². The van der Waals surface area contributed by atoms with Gasteiger partial charge in [-0.25, -0.2) is 0 Å². The predicted molar refractivity (Wildman–Crippen MR) is 170 cm³/mol. The zero-order valence-corrected chi connectivity index (χ0v) is 26.0. The molecular weight excluding hydrogens is 592 g/mol. The number of rotatable bonds is 11. The first-order valence-corrected chi connectivity index (χ1v) is 15.4. The number of benzene rings is 3. The third kappa shape index (κ3) is 8.67. The number of esters is 1. The van der Waals surface area contributed by atoms with Crippen LogP contribution in [0.2, 0.25) is 0 Å². The first-order chi connectivity index (χ1) is 22.2. The number of aliphatic hydroxyl groups is 1. The molecule has 3 aromatic rings. The minimum absolute atomic E-state index is 0.0263. The zero-order valence-electron chi connectivity index (χ0n) is 26.0. The number of nitrogens with zero attached hydrogens (tertiary/aromatic N) is 3. The minimum Gasteiger partial charge on any atom is -0.453 e. The number of nitrogens with one attached hydrogen (secondary N) is 1. The fourth-order valence-corrected chi connectivity index (χ4v) is 5.72. The van der Waals surface area contributed by atoms with Crippen molar-refractivity contribution in [3.8, 4) is 0 Å². The lowest BCUT2D eigenvalue weighted by Gasteiger charge is -2.41. The third-order valence-electron chi connectivity index (χ3n) is 8.31. The van der Waals surface area contributed by atoms with Crippen LogP contribution in [0, 0.1) is 10.1 Å². The van der Waals surface area contributed by atoms with Crippen LogP contribution >= 0.6 is 0 Å². The number of ether oxygens (including phenoxy) is 3. The van der Waals surface area contributed by atoms with Crippen LogP contribution in [0.4, 0.5) is 11.4 Å². The molecule has 46 heavy (non-hydrogen) atoms. The Morgan fingerprint density at radius 2 is 1.59 bits per heavy atom. The van der Waals surface area contributed by atoms with Crippen molar-refractivity contribution >= 4 is 23.3 Å². The first kappa shape index (κ1) is 33.0. The lowest BCUT2D eigenvalue weighted by atomic mass is 9.99. The molecule has 4 atom stereocenters. The number of aliphatic hydroxyl groups excluding tert-OH is 1. The number of amides is 1. The van der Waals surface area contributed by atoms with Crippen molar-refractivity contribution in [2.45, 2.75) is 58.0 Å². The van der Waals surface area contributed by atoms with Gasteiger partial charge in [-0.3, -0.25) is 24.6 Å². The predicted octanol–water partition coefficient (Wildman–Crippen LogP) is 4.02. The quantitative estimate of drug-likeness (QED) is 0.181. The van der Waals surface area contributed by atoms with Crippen molar-refractivity contribution in [2.75, 3.05) is 37.6 Å². The van der Waals surface area contributed by atoms with E-state index in [0.29, 0.717) is 6.42 Å². The van der Waals surface area contributed by atoms with Crippen molar-refractivity contribution < 1.29 is 33.8 Å². The van der Waals surface area contributed by atoms with Crippen molar-refractivity contribution in [3.63, 3.8) is 0 Å². The smallest absolute Gasteiger partial charge is 0.303 e. The molecule has 1 amide bonds. The average molecular weight is 633 g/mol. The fraction of sp³-hybridized carbons (Fsp3) is 0.412. The molecule has 0 aliphatic carbocycles. The van der Waals surface area contributed by atoms with Gasteiger partial charge in [0.15, 0.2) is 12.4 Å². The standard InChI is InChI=1S/C34H40N4O8/c1-23(44-24(2)40)33(41)35-20-25-3-9-28(10-4-25)34-45-31(19-32(46-34)27-7-5-26(22-39)6-8-27)21-36-15-17-37(18-16-36)29-11-13-30(14-12-29)38(42)43/h3-14,23,31-32,34,39H,15-22H2,1-2H3,(H,35,41). The molecule has 5 rings (SSSR count). The summed E-state index contributed by atoms with van der Waals surface area (Å²) < 4.78 is 17.9. The Hall–Kier alpha value is -4.36. The molecule has 4 unspecified atom stereocenters. The number of carbonyl (C=O) groups is 2. The van der Waals surface area contributed by atoms with Crippen LogP contribution in [0.3, 0.4) is 0 Å². The van der Waals surface area contributed by atoms with Gasteiger partial charge in [0.2, 0.25) is 0 Å². The van der Waals surface area contributed by atoms with Gasteiger partial charge in [0.25, 0.3) is 11.6 Å². The Morgan fingerprint density at radius 1 is 0.957 bits per heavy atom. The minimum atomic E-state index is -0.869. The van der Waals surface area contributed by atoms with Crippen LogP contribution in [0.15, 0.2) is 72.8 Å². The van der Waals surface area contributed by atoms with Gasteiger partial charge in [-0.15, -0.1) is 0 Å². The summed E-state index contributed by atoms with van der Waals surface area (Å²) in [5.74, 6) is -0.880. The summed E-state index contributed by atoms with van der Waals surface area (Å²) in [5.41, 5.74) is 4.64. The van der Waals surface area contributed by atoms with Crippen LogP contribution in [0.5, 0.6) is 0 Å². The van der Waals surface area contributed by atoms with Gasteiger partial charge in [0.05, 0.1) is 23.7 Å². The molecule has 0 bridgehead atoms. The summed E-state index contributed by atoms with van der Waals surface area (Å²) in [6.07, 6.45) is -1.11. The maximum Gasteiger partial charge on any atom is 0.303 e. The van der Waals surface area contributed by atoms with E-state index in [9.17, 15) is 24.8 Å². The zero-order chi connectivity index (χ0) is 32.6. The number of anilines is 1. The molecule has 2 heterocycles. The number of nitro benzene ring substituents is 1. The maximum atomic E-state index is 12.2. The highest BCUT2D eigenvalue weighted by Gasteiger charge is 2.34. The number of piperazine rings is 1. The molecule has 12 heteroatoms. The molecule has 244 valence electrons. The highest BCUT2D eigenvalue weighted by atomic mass is 16.7. The summed E-state index contributed by atoms with van der Waals surface area (Å²) in [4.78, 5) is 38.6.